The Morgan fingerprint density at radius 1 is 1.10 bits per heavy atom. The van der Waals surface area contributed by atoms with Gasteiger partial charge in [-0.3, -0.25) is 0 Å². The van der Waals surface area contributed by atoms with E-state index >= 15 is 0 Å². The van der Waals surface area contributed by atoms with E-state index in [0.29, 0.717) is 17.9 Å². The molecule has 0 amide bonds. The number of unbranched alkanes of at least 4 members (excludes halogenated alkanes) is 5. The molecule has 1 aromatic rings. The van der Waals surface area contributed by atoms with Crippen LogP contribution >= 0.6 is 45.2 Å². The van der Waals surface area contributed by atoms with Crippen molar-refractivity contribution >= 4 is 51.2 Å². The topological polar surface area (TPSA) is 35.5 Å². The van der Waals surface area contributed by atoms with Gasteiger partial charge in [-0.2, -0.15) is 0 Å². The fraction of sp³-hybridized carbons (Fsp3) is 0.562. The van der Waals surface area contributed by atoms with E-state index < -0.39 is 0 Å². The van der Waals surface area contributed by atoms with Crippen LogP contribution in [0.4, 0.5) is 0 Å². The van der Waals surface area contributed by atoms with Gasteiger partial charge in [0.1, 0.15) is 11.3 Å². The number of hydrogen-bond acceptors (Lipinski definition) is 3. The second kappa shape index (κ2) is 10.6. The summed E-state index contributed by atoms with van der Waals surface area (Å²) in [6, 6.07) is 3.81. The summed E-state index contributed by atoms with van der Waals surface area (Å²) in [5.41, 5.74) is 0.514. The van der Waals surface area contributed by atoms with Crippen LogP contribution in [0.5, 0.6) is 5.75 Å². The Kier molecular flexibility index (Phi) is 9.62. The summed E-state index contributed by atoms with van der Waals surface area (Å²) in [5, 5.41) is 0. The molecule has 0 saturated heterocycles. The van der Waals surface area contributed by atoms with Crippen LogP contribution < -0.4 is 4.74 Å². The van der Waals surface area contributed by atoms with Gasteiger partial charge in [-0.15, -0.1) is 0 Å². The van der Waals surface area contributed by atoms with Crippen LogP contribution in [0.15, 0.2) is 12.1 Å². The number of halogens is 2. The summed E-state index contributed by atoms with van der Waals surface area (Å²) >= 11 is 4.40. The number of ether oxygens (including phenoxy) is 2. The van der Waals surface area contributed by atoms with Crippen LogP contribution in [0.3, 0.4) is 0 Å². The van der Waals surface area contributed by atoms with Gasteiger partial charge in [-0.1, -0.05) is 39.0 Å². The van der Waals surface area contributed by atoms with Gasteiger partial charge in [0.25, 0.3) is 0 Å². The van der Waals surface area contributed by atoms with E-state index in [1.165, 1.54) is 39.2 Å². The molecule has 3 nitrogen and oxygen atoms in total. The Balaban J connectivity index is 2.56. The van der Waals surface area contributed by atoms with Gasteiger partial charge in [0.15, 0.2) is 0 Å². The van der Waals surface area contributed by atoms with Gasteiger partial charge in [-0.05, 0) is 63.7 Å². The molecule has 0 aliphatic rings. The Morgan fingerprint density at radius 3 is 2.43 bits per heavy atom. The quantitative estimate of drug-likeness (QED) is 0.250. The molecular formula is C16H22I2O3. The van der Waals surface area contributed by atoms with Crippen molar-refractivity contribution in [3.05, 3.63) is 24.8 Å². The average molecular weight is 516 g/mol. The molecule has 1 rings (SSSR count). The van der Waals surface area contributed by atoms with Crippen molar-refractivity contribution in [2.75, 3.05) is 13.7 Å². The highest BCUT2D eigenvalue weighted by atomic mass is 127. The average Bonchev–Trinajstić information content (AvgIpc) is 2.46. The third-order valence-corrected chi connectivity index (χ3v) is 4.58. The number of hydrogen-bond donors (Lipinski definition) is 0. The Labute approximate surface area is 154 Å². The summed E-state index contributed by atoms with van der Waals surface area (Å²) < 4.78 is 12.6. The zero-order valence-electron chi connectivity index (χ0n) is 12.6. The first-order valence-corrected chi connectivity index (χ1v) is 9.46. The van der Waals surface area contributed by atoms with Gasteiger partial charge >= 0.3 is 5.97 Å². The monoisotopic (exact) mass is 516 g/mol. The van der Waals surface area contributed by atoms with Crippen LogP contribution in [-0.4, -0.2) is 19.7 Å². The molecule has 0 bridgehead atoms. The maximum Gasteiger partial charge on any atom is 0.341 e. The lowest BCUT2D eigenvalue weighted by Gasteiger charge is -2.13. The molecule has 0 aliphatic heterocycles. The Morgan fingerprint density at radius 2 is 1.76 bits per heavy atom. The van der Waals surface area contributed by atoms with E-state index in [-0.39, 0.29) is 5.97 Å². The molecule has 0 aromatic heterocycles. The first kappa shape index (κ1) is 19.0. The van der Waals surface area contributed by atoms with Gasteiger partial charge in [0.2, 0.25) is 0 Å². The van der Waals surface area contributed by atoms with Crippen LogP contribution in [-0.2, 0) is 4.74 Å². The van der Waals surface area contributed by atoms with Crippen molar-refractivity contribution < 1.29 is 14.3 Å². The molecule has 118 valence electrons. The molecule has 0 atom stereocenters. The normalized spacial score (nSPS) is 10.5. The number of benzene rings is 1. The summed E-state index contributed by atoms with van der Waals surface area (Å²) in [4.78, 5) is 11.8. The molecule has 21 heavy (non-hydrogen) atoms. The van der Waals surface area contributed by atoms with E-state index in [1.807, 2.05) is 12.1 Å². The lowest BCUT2D eigenvalue weighted by molar-refractivity contribution is 0.0595. The fourth-order valence-electron chi connectivity index (χ4n) is 2.03. The third kappa shape index (κ3) is 6.71. The highest BCUT2D eigenvalue weighted by Gasteiger charge is 2.17. The van der Waals surface area contributed by atoms with Crippen molar-refractivity contribution in [3.63, 3.8) is 0 Å². The van der Waals surface area contributed by atoms with Crippen molar-refractivity contribution in [3.8, 4) is 5.75 Å². The minimum Gasteiger partial charge on any atom is -0.492 e. The summed E-state index contributed by atoms with van der Waals surface area (Å²) in [6.07, 6.45) is 7.32. The van der Waals surface area contributed by atoms with Gasteiger partial charge in [0, 0.05) is 3.57 Å². The minimum absolute atomic E-state index is 0.343. The zero-order valence-corrected chi connectivity index (χ0v) is 16.9. The van der Waals surface area contributed by atoms with Gasteiger partial charge in [-0.25, -0.2) is 4.79 Å². The highest BCUT2D eigenvalue weighted by Crippen LogP contribution is 2.29. The zero-order chi connectivity index (χ0) is 15.7. The number of methoxy groups -OCH3 is 1. The summed E-state index contributed by atoms with van der Waals surface area (Å²) in [6.45, 7) is 2.86. The molecule has 0 spiro atoms. The SMILES string of the molecule is CCCCCCCCOc1c(I)cc(I)cc1C(=O)OC. The maximum absolute atomic E-state index is 11.8. The molecule has 0 radical (unpaired) electrons. The Bertz CT molecular complexity index is 461. The lowest BCUT2D eigenvalue weighted by atomic mass is 10.1. The lowest BCUT2D eigenvalue weighted by Crippen LogP contribution is -2.08. The van der Waals surface area contributed by atoms with Gasteiger partial charge in [0.05, 0.1) is 17.3 Å². The van der Waals surface area contributed by atoms with E-state index in [1.54, 1.807) is 0 Å². The predicted octanol–water partition coefficient (Wildman–Crippen LogP) is 5.42. The van der Waals surface area contributed by atoms with Crippen LogP contribution in [0.25, 0.3) is 0 Å². The van der Waals surface area contributed by atoms with Crippen molar-refractivity contribution in [1.29, 1.82) is 0 Å². The summed E-state index contributed by atoms with van der Waals surface area (Å²) in [5.74, 6) is 0.306. The maximum atomic E-state index is 11.8. The molecule has 0 unspecified atom stereocenters. The van der Waals surface area contributed by atoms with Crippen LogP contribution in [0, 0.1) is 7.14 Å². The summed E-state index contributed by atoms with van der Waals surface area (Å²) in [7, 11) is 1.40. The smallest absolute Gasteiger partial charge is 0.341 e. The van der Waals surface area contributed by atoms with E-state index in [0.717, 1.165) is 13.6 Å². The number of esters is 1. The molecule has 0 aliphatic carbocycles. The van der Waals surface area contributed by atoms with E-state index in [9.17, 15) is 4.79 Å². The number of rotatable bonds is 9. The molecule has 0 saturated carbocycles. The molecule has 0 fully saturated rings. The third-order valence-electron chi connectivity index (χ3n) is 3.16. The first-order valence-electron chi connectivity index (χ1n) is 7.30. The molecule has 0 N–H and O–H groups in total. The van der Waals surface area contributed by atoms with Crippen molar-refractivity contribution in [2.24, 2.45) is 0 Å². The molecular weight excluding hydrogens is 494 g/mol. The number of carbonyl (C=O) groups is 1. The van der Waals surface area contributed by atoms with Crippen LogP contribution in [0.2, 0.25) is 0 Å². The predicted molar refractivity (Wildman–Crippen MR) is 102 cm³/mol. The van der Waals surface area contributed by atoms with E-state index in [4.69, 9.17) is 9.47 Å². The number of carbonyl (C=O) groups excluding carboxylic acids is 1. The molecule has 5 heteroatoms. The fourth-order valence-corrected chi connectivity index (χ4v) is 4.03. The standard InChI is InChI=1S/C16H22I2O3/c1-3-4-5-6-7-8-9-21-15-13(16(19)20-2)10-12(17)11-14(15)18/h10-11H,3-9H2,1-2H3. The minimum atomic E-state index is -0.343. The van der Waals surface area contributed by atoms with Crippen molar-refractivity contribution in [1.82, 2.24) is 0 Å². The van der Waals surface area contributed by atoms with Gasteiger partial charge < -0.3 is 9.47 Å². The van der Waals surface area contributed by atoms with Crippen LogP contribution in [0.1, 0.15) is 55.8 Å². The molecule has 0 heterocycles. The first-order chi connectivity index (χ1) is 10.1. The highest BCUT2D eigenvalue weighted by molar-refractivity contribution is 14.1. The molecule has 1 aromatic carbocycles. The second-order valence-electron chi connectivity index (χ2n) is 4.87. The van der Waals surface area contributed by atoms with E-state index in [2.05, 4.69) is 52.1 Å². The largest absolute Gasteiger partial charge is 0.492 e. The Hall–Kier alpha value is -0.0500. The second-order valence-corrected chi connectivity index (χ2v) is 7.28. The van der Waals surface area contributed by atoms with Crippen molar-refractivity contribution in [2.45, 2.75) is 45.4 Å².